The Bertz CT molecular complexity index is 269. The number of carbonyl (C=O) groups excluding carboxylic acids is 3. The molecule has 0 aliphatic carbocycles. The van der Waals surface area contributed by atoms with Crippen LogP contribution in [0.25, 0.3) is 0 Å². The zero-order valence-electron chi connectivity index (χ0n) is 12.5. The average molecular weight is 319 g/mol. The molecule has 0 aromatic heterocycles. The molecule has 0 saturated heterocycles. The van der Waals surface area contributed by atoms with Gasteiger partial charge in [0.25, 0.3) is 0 Å². The molecule has 0 heterocycles. The van der Waals surface area contributed by atoms with Crippen LogP contribution in [0.5, 0.6) is 0 Å². The van der Waals surface area contributed by atoms with E-state index in [0.29, 0.717) is 11.0 Å². The quantitative estimate of drug-likeness (QED) is 0.405. The van der Waals surface area contributed by atoms with Gasteiger partial charge in [-0.25, -0.2) is 0 Å². The summed E-state index contributed by atoms with van der Waals surface area (Å²) in [5, 5.41) is 36.9. The van der Waals surface area contributed by atoms with Crippen LogP contribution in [0.2, 0.25) is 0 Å². The van der Waals surface area contributed by atoms with Crippen molar-refractivity contribution < 1.29 is 39.3 Å². The molecule has 0 saturated carbocycles. The Balaban J connectivity index is -0.000000119. The molecule has 9 heteroatoms. The van der Waals surface area contributed by atoms with Crippen molar-refractivity contribution in [3.63, 3.8) is 0 Å². The maximum absolute atomic E-state index is 10.0. The largest absolute Gasteiger partial charge is 2.00 e. The van der Waals surface area contributed by atoms with E-state index in [1.807, 2.05) is 21.1 Å². The molecule has 0 radical (unpaired) electrons. The van der Waals surface area contributed by atoms with E-state index in [9.17, 15) is 9.90 Å². The van der Waals surface area contributed by atoms with Crippen molar-refractivity contribution in [3.05, 3.63) is 0 Å². The topological polar surface area (TPSA) is 141 Å². The number of hydrogen-bond acceptors (Lipinski definition) is 7. The first-order valence-corrected chi connectivity index (χ1v) is 5.31. The molecule has 0 bridgehead atoms. The minimum Gasteiger partial charge on any atom is -0.550 e. The van der Waals surface area contributed by atoms with E-state index in [1.54, 1.807) is 0 Å². The Kier molecular flexibility index (Phi) is 20.9. The number of carboxylic acid groups (broad SMARTS) is 3. The average Bonchev–Trinajstić information content (AvgIpc) is 1.93. The van der Waals surface area contributed by atoms with Gasteiger partial charge in [-0.2, -0.15) is 0 Å². The molecular formula is C11H21CaNO7. The van der Waals surface area contributed by atoms with Crippen LogP contribution in [0.4, 0.5) is 0 Å². The fourth-order valence-electron chi connectivity index (χ4n) is 0.889. The van der Waals surface area contributed by atoms with Crippen molar-refractivity contribution >= 4 is 55.6 Å². The standard InChI is InChI=1S/C7H15NO3.2C2H4O2.Ca/c1-8(2,3)5-6(9)4-7(10)11;2*1-2(3)4;/h6,9H,4-5H2,1-3H3;2*1H3,(H,3,4);/q;;;+2/p-2/t6-;;;/m1.../s1. The van der Waals surface area contributed by atoms with Gasteiger partial charge in [0, 0.05) is 24.3 Å². The van der Waals surface area contributed by atoms with Crippen LogP contribution in [0.1, 0.15) is 20.3 Å². The summed E-state index contributed by atoms with van der Waals surface area (Å²) in [5.41, 5.74) is 0. The summed E-state index contributed by atoms with van der Waals surface area (Å²) in [4.78, 5) is 27.8. The van der Waals surface area contributed by atoms with Gasteiger partial charge in [0.2, 0.25) is 0 Å². The van der Waals surface area contributed by atoms with E-state index in [0.717, 1.165) is 13.8 Å². The number of carboxylic acids is 3. The van der Waals surface area contributed by atoms with Crippen molar-refractivity contribution in [2.24, 2.45) is 0 Å². The van der Waals surface area contributed by atoms with Crippen LogP contribution >= 0.6 is 0 Å². The maximum Gasteiger partial charge on any atom is 2.00 e. The Hall–Kier alpha value is -0.410. The van der Waals surface area contributed by atoms with Crippen LogP contribution in [0, 0.1) is 0 Å². The van der Waals surface area contributed by atoms with Gasteiger partial charge in [0.1, 0.15) is 12.6 Å². The molecule has 0 aromatic carbocycles. The van der Waals surface area contributed by atoms with E-state index in [4.69, 9.17) is 24.9 Å². The van der Waals surface area contributed by atoms with Crippen molar-refractivity contribution in [2.75, 3.05) is 27.7 Å². The van der Waals surface area contributed by atoms with Crippen LogP contribution in [-0.2, 0) is 14.4 Å². The number of carbonyl (C=O) groups is 3. The first kappa shape index (κ1) is 27.9. The van der Waals surface area contributed by atoms with Gasteiger partial charge in [-0.05, 0) is 13.8 Å². The van der Waals surface area contributed by atoms with Gasteiger partial charge in [0.05, 0.1) is 21.1 Å². The summed E-state index contributed by atoms with van der Waals surface area (Å²) in [6.45, 7) is 2.37. The monoisotopic (exact) mass is 319 g/mol. The predicted molar refractivity (Wildman–Crippen MR) is 65.6 cm³/mol. The third-order valence-corrected chi connectivity index (χ3v) is 1.16. The van der Waals surface area contributed by atoms with Gasteiger partial charge in [-0.15, -0.1) is 0 Å². The van der Waals surface area contributed by atoms with Crippen molar-refractivity contribution in [3.8, 4) is 0 Å². The Morgan fingerprint density at radius 2 is 1.25 bits per heavy atom. The third-order valence-electron chi connectivity index (χ3n) is 1.16. The summed E-state index contributed by atoms with van der Waals surface area (Å²) >= 11 is 0. The number of aliphatic carboxylic acids is 3. The smallest absolute Gasteiger partial charge is 0.550 e. The second kappa shape index (κ2) is 15.0. The van der Waals surface area contributed by atoms with Gasteiger partial charge in [-0.1, -0.05) is 0 Å². The molecule has 0 spiro atoms. The molecule has 1 atom stereocenters. The van der Waals surface area contributed by atoms with Crippen LogP contribution < -0.4 is 15.3 Å². The summed E-state index contributed by atoms with van der Waals surface area (Å²) in [6.07, 6.45) is -1.09. The zero-order valence-corrected chi connectivity index (χ0v) is 14.8. The van der Waals surface area contributed by atoms with Gasteiger partial charge >= 0.3 is 37.7 Å². The number of quaternary nitrogens is 1. The normalized spacial score (nSPS) is 10.5. The predicted octanol–water partition coefficient (Wildman–Crippen LogP) is -4.67. The Morgan fingerprint density at radius 3 is 1.40 bits per heavy atom. The first-order chi connectivity index (χ1) is 8.27. The molecule has 0 aliphatic rings. The summed E-state index contributed by atoms with van der Waals surface area (Å²) < 4.78 is 0.550. The Labute approximate surface area is 148 Å². The van der Waals surface area contributed by atoms with Gasteiger partial charge < -0.3 is 39.3 Å². The number of rotatable bonds is 4. The molecule has 20 heavy (non-hydrogen) atoms. The first-order valence-electron chi connectivity index (χ1n) is 5.31. The fraction of sp³-hybridized carbons (Fsp3) is 0.727. The number of likely N-dealkylation sites (N-methyl/N-ethyl adjacent to an activating group) is 1. The molecule has 8 nitrogen and oxygen atoms in total. The molecular weight excluding hydrogens is 298 g/mol. The maximum atomic E-state index is 10.0. The summed E-state index contributed by atoms with van der Waals surface area (Å²) in [6, 6.07) is 0. The van der Waals surface area contributed by atoms with E-state index >= 15 is 0 Å². The minimum absolute atomic E-state index is 0. The minimum atomic E-state index is -1.20. The number of aliphatic hydroxyl groups excluding tert-OH is 1. The van der Waals surface area contributed by atoms with Crippen molar-refractivity contribution in [1.29, 1.82) is 0 Å². The van der Waals surface area contributed by atoms with Crippen LogP contribution in [0.3, 0.4) is 0 Å². The molecule has 1 N–H and O–H groups in total. The van der Waals surface area contributed by atoms with E-state index in [2.05, 4.69) is 0 Å². The molecule has 0 amide bonds. The molecule has 0 aliphatic heterocycles. The second-order valence-corrected chi connectivity index (χ2v) is 4.69. The SMILES string of the molecule is CC(=O)[O-].CC(=O)[O-].C[N+](C)(C)C[C@H](O)CC(=O)[O-].[Ca+2]. The number of nitrogens with zero attached hydrogens (tertiary/aromatic N) is 1. The van der Waals surface area contributed by atoms with Crippen molar-refractivity contribution in [2.45, 2.75) is 26.4 Å². The van der Waals surface area contributed by atoms with Gasteiger partial charge in [-0.3, -0.25) is 0 Å². The van der Waals surface area contributed by atoms with Crippen molar-refractivity contribution in [1.82, 2.24) is 0 Å². The molecule has 0 unspecified atom stereocenters. The number of hydrogen-bond donors (Lipinski definition) is 1. The third kappa shape index (κ3) is 65.6. The van der Waals surface area contributed by atoms with E-state index < -0.39 is 24.0 Å². The summed E-state index contributed by atoms with van der Waals surface area (Å²) in [7, 11) is 5.66. The van der Waals surface area contributed by atoms with Gasteiger partial charge in [0.15, 0.2) is 0 Å². The molecule has 0 fully saturated rings. The van der Waals surface area contributed by atoms with Crippen LogP contribution in [0.15, 0.2) is 0 Å². The summed E-state index contributed by atoms with van der Waals surface area (Å²) in [5.74, 6) is -3.37. The number of aliphatic hydroxyl groups is 1. The van der Waals surface area contributed by atoms with E-state index in [-0.39, 0.29) is 44.2 Å². The second-order valence-electron chi connectivity index (χ2n) is 4.69. The molecule has 0 rings (SSSR count). The zero-order chi connectivity index (χ0) is 16.2. The van der Waals surface area contributed by atoms with E-state index in [1.165, 1.54) is 0 Å². The molecule has 114 valence electrons. The Morgan fingerprint density at radius 1 is 1.00 bits per heavy atom. The molecule has 0 aromatic rings. The fourth-order valence-corrected chi connectivity index (χ4v) is 0.889. The van der Waals surface area contributed by atoms with Crippen LogP contribution in [-0.4, -0.2) is 99.0 Å².